The van der Waals surface area contributed by atoms with Crippen LogP contribution in [-0.2, 0) is 13.1 Å². The maximum absolute atomic E-state index is 12.2. The van der Waals surface area contributed by atoms with Crippen molar-refractivity contribution in [2.24, 2.45) is 11.3 Å². The smallest absolute Gasteiger partial charge is 0.251 e. The third-order valence-electron chi connectivity index (χ3n) is 4.82. The molecule has 1 aromatic rings. The lowest BCUT2D eigenvalue weighted by molar-refractivity contribution is 0.0939. The summed E-state index contributed by atoms with van der Waals surface area (Å²) in [6, 6.07) is 6.04. The Morgan fingerprint density at radius 1 is 1.32 bits per heavy atom. The van der Waals surface area contributed by atoms with Crippen LogP contribution in [0.3, 0.4) is 0 Å². The van der Waals surface area contributed by atoms with E-state index in [-0.39, 0.29) is 5.91 Å². The molecule has 3 heteroatoms. The number of rotatable bonds is 4. The van der Waals surface area contributed by atoms with E-state index in [1.165, 1.54) is 24.0 Å². The average Bonchev–Trinajstić information content (AvgIpc) is 3.06. The lowest BCUT2D eigenvalue weighted by Gasteiger charge is -2.20. The molecule has 2 N–H and O–H groups in total. The Bertz CT molecular complexity index is 503. The lowest BCUT2D eigenvalue weighted by atomic mass is 9.92. The van der Waals surface area contributed by atoms with Crippen LogP contribution < -0.4 is 10.6 Å². The standard InChI is InChI=1S/C16H22N2O/c1-11(2)16(5-6-16)10-18-15(19)12-3-4-13-8-17-9-14(13)7-12/h3-4,7,11,17H,5-6,8-10H2,1-2H3,(H,18,19). The number of fused-ring (bicyclic) bond motifs is 1. The van der Waals surface area contributed by atoms with Crippen molar-refractivity contribution in [2.75, 3.05) is 6.54 Å². The van der Waals surface area contributed by atoms with E-state index < -0.39 is 0 Å². The van der Waals surface area contributed by atoms with Crippen molar-refractivity contribution < 1.29 is 4.79 Å². The monoisotopic (exact) mass is 258 g/mol. The van der Waals surface area contributed by atoms with Crippen molar-refractivity contribution in [3.05, 3.63) is 34.9 Å². The van der Waals surface area contributed by atoms with E-state index in [0.717, 1.165) is 25.2 Å². The van der Waals surface area contributed by atoms with Crippen LogP contribution in [0.25, 0.3) is 0 Å². The molecule has 0 saturated heterocycles. The summed E-state index contributed by atoms with van der Waals surface area (Å²) in [6.07, 6.45) is 2.50. The van der Waals surface area contributed by atoms with E-state index in [1.807, 2.05) is 12.1 Å². The summed E-state index contributed by atoms with van der Waals surface area (Å²) < 4.78 is 0. The van der Waals surface area contributed by atoms with Gasteiger partial charge in [-0.2, -0.15) is 0 Å². The van der Waals surface area contributed by atoms with Gasteiger partial charge in [0.2, 0.25) is 0 Å². The quantitative estimate of drug-likeness (QED) is 0.871. The summed E-state index contributed by atoms with van der Waals surface area (Å²) in [5.74, 6) is 0.721. The normalized spacial score (nSPS) is 19.3. The van der Waals surface area contributed by atoms with Gasteiger partial charge < -0.3 is 10.6 Å². The number of nitrogens with one attached hydrogen (secondary N) is 2. The highest BCUT2D eigenvalue weighted by molar-refractivity contribution is 5.94. The molecule has 2 aliphatic rings. The Morgan fingerprint density at radius 3 is 2.74 bits per heavy atom. The highest BCUT2D eigenvalue weighted by atomic mass is 16.1. The van der Waals surface area contributed by atoms with Gasteiger partial charge in [0.1, 0.15) is 0 Å². The fourth-order valence-corrected chi connectivity index (χ4v) is 2.91. The first kappa shape index (κ1) is 12.7. The first-order valence-corrected chi connectivity index (χ1v) is 7.21. The molecule has 19 heavy (non-hydrogen) atoms. The highest BCUT2D eigenvalue weighted by Crippen LogP contribution is 2.51. The molecule has 3 nitrogen and oxygen atoms in total. The van der Waals surface area contributed by atoms with E-state index in [4.69, 9.17) is 0 Å². The fraction of sp³-hybridized carbons (Fsp3) is 0.562. The van der Waals surface area contributed by atoms with Crippen molar-refractivity contribution in [1.82, 2.24) is 10.6 Å². The molecule has 1 aliphatic heterocycles. The van der Waals surface area contributed by atoms with Gasteiger partial charge in [0.15, 0.2) is 0 Å². The number of hydrogen-bond donors (Lipinski definition) is 2. The predicted molar refractivity (Wildman–Crippen MR) is 75.8 cm³/mol. The number of amides is 1. The Kier molecular flexibility index (Phi) is 3.09. The zero-order valence-electron chi connectivity index (χ0n) is 11.8. The van der Waals surface area contributed by atoms with E-state index >= 15 is 0 Å². The minimum Gasteiger partial charge on any atom is -0.351 e. The minimum absolute atomic E-state index is 0.0709. The lowest BCUT2D eigenvalue weighted by Crippen LogP contribution is -2.32. The topological polar surface area (TPSA) is 41.1 Å². The molecule has 1 heterocycles. The van der Waals surface area contributed by atoms with Crippen LogP contribution in [0.2, 0.25) is 0 Å². The van der Waals surface area contributed by atoms with E-state index in [9.17, 15) is 4.79 Å². The molecule has 1 amide bonds. The van der Waals surface area contributed by atoms with Crippen molar-refractivity contribution in [2.45, 2.75) is 39.8 Å². The molecule has 3 rings (SSSR count). The number of carbonyl (C=O) groups is 1. The Balaban J connectivity index is 1.65. The third-order valence-corrected chi connectivity index (χ3v) is 4.82. The largest absolute Gasteiger partial charge is 0.351 e. The number of carbonyl (C=O) groups excluding carboxylic acids is 1. The van der Waals surface area contributed by atoms with Gasteiger partial charge in [0, 0.05) is 25.2 Å². The van der Waals surface area contributed by atoms with Crippen molar-refractivity contribution in [3.63, 3.8) is 0 Å². The van der Waals surface area contributed by atoms with Crippen LogP contribution in [0, 0.1) is 11.3 Å². The van der Waals surface area contributed by atoms with Gasteiger partial charge >= 0.3 is 0 Å². The summed E-state index contributed by atoms with van der Waals surface area (Å²) in [5.41, 5.74) is 3.74. The summed E-state index contributed by atoms with van der Waals surface area (Å²) in [7, 11) is 0. The summed E-state index contributed by atoms with van der Waals surface area (Å²) in [4.78, 5) is 12.2. The van der Waals surface area contributed by atoms with Gasteiger partial charge in [0.25, 0.3) is 5.91 Å². The Labute approximate surface area is 114 Å². The van der Waals surface area contributed by atoms with Gasteiger partial charge in [-0.05, 0) is 47.4 Å². The predicted octanol–water partition coefficient (Wildman–Crippen LogP) is 2.46. The number of benzene rings is 1. The molecule has 0 aromatic heterocycles. The second-order valence-corrected chi connectivity index (χ2v) is 6.29. The molecule has 1 saturated carbocycles. The summed E-state index contributed by atoms with van der Waals surface area (Å²) in [6.45, 7) is 7.12. The Morgan fingerprint density at radius 2 is 2.05 bits per heavy atom. The molecule has 1 aromatic carbocycles. The van der Waals surface area contributed by atoms with Crippen LogP contribution in [0.1, 0.15) is 48.2 Å². The second-order valence-electron chi connectivity index (χ2n) is 6.29. The van der Waals surface area contributed by atoms with Gasteiger partial charge in [0.05, 0.1) is 0 Å². The van der Waals surface area contributed by atoms with Gasteiger partial charge in [-0.15, -0.1) is 0 Å². The second kappa shape index (κ2) is 4.64. The maximum atomic E-state index is 12.2. The zero-order chi connectivity index (χ0) is 13.5. The van der Waals surface area contributed by atoms with Crippen LogP contribution in [-0.4, -0.2) is 12.5 Å². The zero-order valence-corrected chi connectivity index (χ0v) is 11.8. The summed E-state index contributed by atoms with van der Waals surface area (Å²) in [5, 5.41) is 6.42. The van der Waals surface area contributed by atoms with Crippen LogP contribution >= 0.6 is 0 Å². The number of hydrogen-bond acceptors (Lipinski definition) is 2. The SMILES string of the molecule is CC(C)C1(CNC(=O)c2ccc3c(c2)CNC3)CC1. The highest BCUT2D eigenvalue weighted by Gasteiger charge is 2.45. The molecule has 102 valence electrons. The Hall–Kier alpha value is -1.35. The van der Waals surface area contributed by atoms with E-state index in [1.54, 1.807) is 0 Å². The third kappa shape index (κ3) is 2.39. The van der Waals surface area contributed by atoms with Crippen LogP contribution in [0.5, 0.6) is 0 Å². The van der Waals surface area contributed by atoms with Gasteiger partial charge in [-0.3, -0.25) is 4.79 Å². The molecule has 0 spiro atoms. The fourth-order valence-electron chi connectivity index (χ4n) is 2.91. The van der Waals surface area contributed by atoms with Crippen molar-refractivity contribution >= 4 is 5.91 Å². The molecule has 0 unspecified atom stereocenters. The average molecular weight is 258 g/mol. The molecule has 0 atom stereocenters. The molecule has 1 fully saturated rings. The maximum Gasteiger partial charge on any atom is 0.251 e. The first-order valence-electron chi connectivity index (χ1n) is 7.21. The molecular weight excluding hydrogens is 236 g/mol. The first-order chi connectivity index (χ1) is 9.11. The van der Waals surface area contributed by atoms with Crippen LogP contribution in [0.4, 0.5) is 0 Å². The van der Waals surface area contributed by atoms with Crippen molar-refractivity contribution in [3.8, 4) is 0 Å². The molecular formula is C16H22N2O. The molecule has 1 aliphatic carbocycles. The van der Waals surface area contributed by atoms with E-state index in [0.29, 0.717) is 11.3 Å². The van der Waals surface area contributed by atoms with Gasteiger partial charge in [-0.1, -0.05) is 19.9 Å². The molecule has 0 radical (unpaired) electrons. The van der Waals surface area contributed by atoms with Crippen LogP contribution in [0.15, 0.2) is 18.2 Å². The minimum atomic E-state index is 0.0709. The summed E-state index contributed by atoms with van der Waals surface area (Å²) >= 11 is 0. The molecule has 0 bridgehead atoms. The van der Waals surface area contributed by atoms with Gasteiger partial charge in [-0.25, -0.2) is 0 Å². The van der Waals surface area contributed by atoms with Crippen molar-refractivity contribution in [1.29, 1.82) is 0 Å². The van der Waals surface area contributed by atoms with E-state index in [2.05, 4.69) is 30.5 Å².